The lowest BCUT2D eigenvalue weighted by molar-refractivity contribution is 1.10. The summed E-state index contributed by atoms with van der Waals surface area (Å²) in [5, 5.41) is 0. The molecule has 0 amide bonds. The van der Waals surface area contributed by atoms with Gasteiger partial charge in [-0.25, -0.2) is 0 Å². The van der Waals surface area contributed by atoms with Crippen LogP contribution in [0, 0.1) is 6.92 Å². The highest BCUT2D eigenvalue weighted by atomic mass is 14.1. The molecule has 0 fully saturated rings. The second kappa shape index (κ2) is 5.68. The van der Waals surface area contributed by atoms with E-state index < -0.39 is 0 Å². The molecule has 18 heavy (non-hydrogen) atoms. The standard InChI is InChI=1S/C18H20/c1-4-15(3)18(16-8-6-5-7-9-16)17-12-10-14(2)11-13-17/h5-13H,4H2,1-3H3. The van der Waals surface area contributed by atoms with Gasteiger partial charge in [0.1, 0.15) is 0 Å². The lowest BCUT2D eigenvalue weighted by atomic mass is 9.92. The average Bonchev–Trinajstić information content (AvgIpc) is 2.42. The van der Waals surface area contributed by atoms with Crippen molar-refractivity contribution in [3.63, 3.8) is 0 Å². The summed E-state index contributed by atoms with van der Waals surface area (Å²) in [5.74, 6) is 0. The minimum absolute atomic E-state index is 1.08. The first-order valence-corrected chi connectivity index (χ1v) is 6.54. The Kier molecular flexibility index (Phi) is 3.99. The second-order valence-corrected chi connectivity index (χ2v) is 4.74. The summed E-state index contributed by atoms with van der Waals surface area (Å²) in [4.78, 5) is 0. The summed E-state index contributed by atoms with van der Waals surface area (Å²) < 4.78 is 0. The van der Waals surface area contributed by atoms with Crippen LogP contribution in [0.15, 0.2) is 60.2 Å². The lowest BCUT2D eigenvalue weighted by Gasteiger charge is -2.12. The summed E-state index contributed by atoms with van der Waals surface area (Å²) in [6.45, 7) is 6.57. The molecule has 0 aliphatic heterocycles. The molecule has 0 aliphatic carbocycles. The molecule has 0 saturated heterocycles. The highest BCUT2D eigenvalue weighted by Crippen LogP contribution is 2.28. The fraction of sp³-hybridized carbons (Fsp3) is 0.222. The highest BCUT2D eigenvalue weighted by molar-refractivity contribution is 5.81. The Morgan fingerprint density at radius 2 is 1.39 bits per heavy atom. The zero-order valence-electron chi connectivity index (χ0n) is 11.4. The van der Waals surface area contributed by atoms with Crippen LogP contribution in [-0.2, 0) is 0 Å². The number of rotatable bonds is 3. The largest absolute Gasteiger partial charge is 0.0651 e. The first-order valence-electron chi connectivity index (χ1n) is 6.54. The Labute approximate surface area is 110 Å². The number of benzene rings is 2. The van der Waals surface area contributed by atoms with E-state index >= 15 is 0 Å². The van der Waals surface area contributed by atoms with Crippen molar-refractivity contribution in [2.45, 2.75) is 27.2 Å². The molecule has 2 aromatic rings. The van der Waals surface area contributed by atoms with Gasteiger partial charge in [-0.15, -0.1) is 0 Å². The Balaban J connectivity index is 2.55. The SMILES string of the molecule is CCC(C)=C(c1ccccc1)c1ccc(C)cc1. The second-order valence-electron chi connectivity index (χ2n) is 4.74. The van der Waals surface area contributed by atoms with E-state index in [0.29, 0.717) is 0 Å². The average molecular weight is 236 g/mol. The summed E-state index contributed by atoms with van der Waals surface area (Å²) in [6, 6.07) is 19.5. The lowest BCUT2D eigenvalue weighted by Crippen LogP contribution is -1.92. The van der Waals surface area contributed by atoms with E-state index in [1.165, 1.54) is 27.8 Å². The van der Waals surface area contributed by atoms with Gasteiger partial charge in [0.25, 0.3) is 0 Å². The molecule has 0 aliphatic rings. The van der Waals surface area contributed by atoms with Crippen LogP contribution >= 0.6 is 0 Å². The van der Waals surface area contributed by atoms with Crippen molar-refractivity contribution < 1.29 is 0 Å². The molecule has 0 heteroatoms. The molecule has 2 aromatic carbocycles. The molecule has 92 valence electrons. The fourth-order valence-electron chi connectivity index (χ4n) is 2.16. The molecule has 0 atom stereocenters. The van der Waals surface area contributed by atoms with E-state index in [2.05, 4.69) is 75.4 Å². The number of hydrogen-bond acceptors (Lipinski definition) is 0. The van der Waals surface area contributed by atoms with E-state index in [0.717, 1.165) is 6.42 Å². The third-order valence-corrected chi connectivity index (χ3v) is 3.36. The molecule has 0 radical (unpaired) electrons. The summed E-state index contributed by atoms with van der Waals surface area (Å²) in [7, 11) is 0. The van der Waals surface area contributed by atoms with Crippen molar-refractivity contribution in [1.29, 1.82) is 0 Å². The van der Waals surface area contributed by atoms with Crippen LogP contribution in [-0.4, -0.2) is 0 Å². The van der Waals surface area contributed by atoms with Crippen LogP contribution in [0.5, 0.6) is 0 Å². The van der Waals surface area contributed by atoms with Gasteiger partial charge in [0.2, 0.25) is 0 Å². The van der Waals surface area contributed by atoms with Crippen molar-refractivity contribution in [3.8, 4) is 0 Å². The van der Waals surface area contributed by atoms with Gasteiger partial charge in [0.15, 0.2) is 0 Å². The molecule has 0 heterocycles. The van der Waals surface area contributed by atoms with Gasteiger partial charge in [-0.3, -0.25) is 0 Å². The quantitative estimate of drug-likeness (QED) is 0.684. The van der Waals surface area contributed by atoms with Crippen LogP contribution in [0.3, 0.4) is 0 Å². The fourth-order valence-corrected chi connectivity index (χ4v) is 2.16. The molecule has 0 aromatic heterocycles. The predicted molar refractivity (Wildman–Crippen MR) is 79.6 cm³/mol. The van der Waals surface area contributed by atoms with Gasteiger partial charge in [-0.05, 0) is 37.0 Å². The van der Waals surface area contributed by atoms with Crippen molar-refractivity contribution in [2.75, 3.05) is 0 Å². The van der Waals surface area contributed by atoms with E-state index in [1.807, 2.05) is 0 Å². The molecule has 0 bridgehead atoms. The topological polar surface area (TPSA) is 0 Å². The summed E-state index contributed by atoms with van der Waals surface area (Å²) in [6.07, 6.45) is 1.08. The molecule has 0 N–H and O–H groups in total. The molecular formula is C18H20. The minimum atomic E-state index is 1.08. The zero-order valence-corrected chi connectivity index (χ0v) is 11.4. The van der Waals surface area contributed by atoms with Crippen LogP contribution in [0.4, 0.5) is 0 Å². The third-order valence-electron chi connectivity index (χ3n) is 3.36. The van der Waals surface area contributed by atoms with E-state index in [1.54, 1.807) is 0 Å². The van der Waals surface area contributed by atoms with E-state index in [4.69, 9.17) is 0 Å². The van der Waals surface area contributed by atoms with Crippen molar-refractivity contribution in [1.82, 2.24) is 0 Å². The maximum atomic E-state index is 2.22. The molecule has 0 saturated carbocycles. The van der Waals surface area contributed by atoms with Crippen molar-refractivity contribution >= 4 is 5.57 Å². The van der Waals surface area contributed by atoms with Gasteiger partial charge >= 0.3 is 0 Å². The first-order chi connectivity index (χ1) is 8.72. The minimum Gasteiger partial charge on any atom is -0.0651 e. The smallest absolute Gasteiger partial charge is 0.0122 e. The van der Waals surface area contributed by atoms with Crippen molar-refractivity contribution in [3.05, 3.63) is 76.9 Å². The maximum absolute atomic E-state index is 2.22. The third kappa shape index (κ3) is 2.70. The van der Waals surface area contributed by atoms with Gasteiger partial charge in [-0.1, -0.05) is 72.7 Å². The molecule has 2 rings (SSSR count). The monoisotopic (exact) mass is 236 g/mol. The number of hydrogen-bond donors (Lipinski definition) is 0. The Hall–Kier alpha value is -1.82. The van der Waals surface area contributed by atoms with Crippen LogP contribution < -0.4 is 0 Å². The normalized spacial score (nSPS) is 12.2. The van der Waals surface area contributed by atoms with Crippen LogP contribution in [0.25, 0.3) is 5.57 Å². The van der Waals surface area contributed by atoms with Gasteiger partial charge in [0.05, 0.1) is 0 Å². The Bertz CT molecular complexity index is 530. The van der Waals surface area contributed by atoms with Crippen LogP contribution in [0.1, 0.15) is 37.0 Å². The number of aryl methyl sites for hydroxylation is 1. The maximum Gasteiger partial charge on any atom is -0.0122 e. The summed E-state index contributed by atoms with van der Waals surface area (Å²) in [5.41, 5.74) is 6.73. The molecular weight excluding hydrogens is 216 g/mol. The molecule has 0 unspecified atom stereocenters. The molecule has 0 nitrogen and oxygen atoms in total. The van der Waals surface area contributed by atoms with E-state index in [-0.39, 0.29) is 0 Å². The highest BCUT2D eigenvalue weighted by Gasteiger charge is 2.07. The summed E-state index contributed by atoms with van der Waals surface area (Å²) >= 11 is 0. The van der Waals surface area contributed by atoms with Gasteiger partial charge in [-0.2, -0.15) is 0 Å². The van der Waals surface area contributed by atoms with Gasteiger partial charge in [0, 0.05) is 0 Å². The van der Waals surface area contributed by atoms with Gasteiger partial charge < -0.3 is 0 Å². The first kappa shape index (κ1) is 12.6. The Morgan fingerprint density at radius 3 is 1.94 bits per heavy atom. The predicted octanol–water partition coefficient (Wildman–Crippen LogP) is 5.23. The molecule has 0 spiro atoms. The number of allylic oxidation sites excluding steroid dienone is 1. The van der Waals surface area contributed by atoms with Crippen LogP contribution in [0.2, 0.25) is 0 Å². The zero-order chi connectivity index (χ0) is 13.0. The Morgan fingerprint density at radius 1 is 0.833 bits per heavy atom. The van der Waals surface area contributed by atoms with Crippen molar-refractivity contribution in [2.24, 2.45) is 0 Å². The van der Waals surface area contributed by atoms with E-state index in [9.17, 15) is 0 Å².